The highest BCUT2D eigenvalue weighted by Crippen LogP contribution is 2.42. The quantitative estimate of drug-likeness (QED) is 0.340. The van der Waals surface area contributed by atoms with Gasteiger partial charge in [-0.15, -0.1) is 10.2 Å². The lowest BCUT2D eigenvalue weighted by molar-refractivity contribution is 0.224. The van der Waals surface area contributed by atoms with Crippen LogP contribution in [0.15, 0.2) is 40.0 Å². The Morgan fingerprint density at radius 2 is 2.11 bits per heavy atom. The summed E-state index contributed by atoms with van der Waals surface area (Å²) in [6.45, 7) is 0. The molecule has 0 fully saturated rings. The number of phenolic OH excluding ortho intramolecular Hbond substituents is 1. The van der Waals surface area contributed by atoms with Crippen molar-refractivity contribution in [3.8, 4) is 28.6 Å². The second kappa shape index (κ2) is 7.91. The number of phenols is 1. The molecule has 10 heteroatoms. The second-order valence-corrected chi connectivity index (χ2v) is 8.69. The average Bonchev–Trinajstić information content (AvgIpc) is 2.86. The number of halogens is 2. The SMILES string of the molecule is COc1cc([C@@H]2Nc3ccc(Br)cc3-c3nnc(SC)nc3O2)cc(I)c1O. The van der Waals surface area contributed by atoms with Gasteiger partial charge in [0.05, 0.1) is 10.7 Å². The maximum atomic E-state index is 10.2. The first-order valence-electron chi connectivity index (χ1n) is 8.08. The largest absolute Gasteiger partial charge is 0.504 e. The van der Waals surface area contributed by atoms with Crippen LogP contribution in [0, 0.1) is 3.57 Å². The number of nitrogens with zero attached hydrogens (tertiary/aromatic N) is 3. The lowest BCUT2D eigenvalue weighted by Crippen LogP contribution is -2.17. The topological polar surface area (TPSA) is 89.4 Å². The summed E-state index contributed by atoms with van der Waals surface area (Å²) in [4.78, 5) is 4.51. The molecule has 3 aromatic rings. The van der Waals surface area contributed by atoms with E-state index in [0.717, 1.165) is 21.3 Å². The molecule has 0 bridgehead atoms. The molecule has 1 aliphatic rings. The number of benzene rings is 2. The van der Waals surface area contributed by atoms with Crippen molar-refractivity contribution in [3.05, 3.63) is 43.9 Å². The van der Waals surface area contributed by atoms with Gasteiger partial charge in [0, 0.05) is 21.3 Å². The van der Waals surface area contributed by atoms with E-state index in [1.807, 2.05) is 30.5 Å². The van der Waals surface area contributed by atoms with Crippen LogP contribution in [0.1, 0.15) is 11.8 Å². The highest BCUT2D eigenvalue weighted by atomic mass is 127. The predicted octanol–water partition coefficient (Wildman–Crippen LogP) is 4.84. The summed E-state index contributed by atoms with van der Waals surface area (Å²) in [6.07, 6.45) is 1.32. The van der Waals surface area contributed by atoms with E-state index in [0.29, 0.717) is 26.1 Å². The highest BCUT2D eigenvalue weighted by Gasteiger charge is 2.27. The molecule has 0 spiro atoms. The van der Waals surface area contributed by atoms with Crippen molar-refractivity contribution in [2.45, 2.75) is 11.4 Å². The first kappa shape index (κ1) is 19.5. The number of methoxy groups -OCH3 is 1. The van der Waals surface area contributed by atoms with Gasteiger partial charge >= 0.3 is 0 Å². The number of thioether (sulfide) groups is 1. The molecule has 7 nitrogen and oxygen atoms in total. The van der Waals surface area contributed by atoms with Gasteiger partial charge in [-0.2, -0.15) is 4.98 Å². The Bertz CT molecular complexity index is 1070. The first-order chi connectivity index (χ1) is 13.5. The van der Waals surface area contributed by atoms with Gasteiger partial charge in [-0.1, -0.05) is 27.7 Å². The minimum atomic E-state index is -0.560. The number of hydrogen-bond acceptors (Lipinski definition) is 8. The lowest BCUT2D eigenvalue weighted by Gasteiger charge is -2.20. The van der Waals surface area contributed by atoms with Crippen molar-refractivity contribution < 1.29 is 14.6 Å². The van der Waals surface area contributed by atoms with Gasteiger partial charge < -0.3 is 19.9 Å². The third-order valence-corrected chi connectivity index (χ3v) is 6.00. The Morgan fingerprint density at radius 3 is 2.86 bits per heavy atom. The van der Waals surface area contributed by atoms with E-state index < -0.39 is 6.23 Å². The Morgan fingerprint density at radius 1 is 1.29 bits per heavy atom. The summed E-state index contributed by atoms with van der Waals surface area (Å²) in [5.41, 5.74) is 3.01. The Balaban J connectivity index is 1.88. The van der Waals surface area contributed by atoms with Crippen LogP contribution in [-0.4, -0.2) is 33.7 Å². The minimum Gasteiger partial charge on any atom is -0.504 e. The molecule has 1 aromatic heterocycles. The van der Waals surface area contributed by atoms with E-state index in [1.165, 1.54) is 18.9 Å². The van der Waals surface area contributed by atoms with E-state index in [2.05, 4.69) is 59.0 Å². The molecule has 144 valence electrons. The van der Waals surface area contributed by atoms with Gasteiger partial charge in [0.2, 0.25) is 11.0 Å². The first-order valence-corrected chi connectivity index (χ1v) is 11.2. The molecule has 1 atom stereocenters. The molecule has 2 N–H and O–H groups in total. The second-order valence-electron chi connectivity index (χ2n) is 5.84. The van der Waals surface area contributed by atoms with E-state index in [9.17, 15) is 5.11 Å². The van der Waals surface area contributed by atoms with Crippen LogP contribution in [0.2, 0.25) is 0 Å². The van der Waals surface area contributed by atoms with Crippen LogP contribution in [0.25, 0.3) is 11.3 Å². The van der Waals surface area contributed by atoms with Crippen molar-refractivity contribution in [1.82, 2.24) is 15.2 Å². The van der Waals surface area contributed by atoms with Crippen molar-refractivity contribution >= 4 is 56.0 Å². The Kier molecular flexibility index (Phi) is 5.52. The molecule has 0 aliphatic carbocycles. The van der Waals surface area contributed by atoms with Crippen LogP contribution in [0.5, 0.6) is 17.4 Å². The average molecular weight is 573 g/mol. The Labute approximate surface area is 187 Å². The van der Waals surface area contributed by atoms with E-state index in [4.69, 9.17) is 9.47 Å². The van der Waals surface area contributed by atoms with Crippen molar-refractivity contribution in [2.75, 3.05) is 18.7 Å². The number of fused-ring (bicyclic) bond motifs is 3. The minimum absolute atomic E-state index is 0.0962. The molecule has 0 saturated heterocycles. The third kappa shape index (κ3) is 3.60. The summed E-state index contributed by atoms with van der Waals surface area (Å²) in [5.74, 6) is 0.855. The summed E-state index contributed by atoms with van der Waals surface area (Å²) in [7, 11) is 1.51. The van der Waals surface area contributed by atoms with Gasteiger partial charge in [0.25, 0.3) is 0 Å². The lowest BCUT2D eigenvalue weighted by atomic mass is 10.1. The smallest absolute Gasteiger partial charge is 0.247 e. The zero-order valence-electron chi connectivity index (χ0n) is 14.7. The number of aromatic hydroxyl groups is 1. The molecule has 4 rings (SSSR count). The fraction of sp³-hybridized carbons (Fsp3) is 0.167. The summed E-state index contributed by atoms with van der Waals surface area (Å²) < 4.78 is 13.1. The molecule has 0 radical (unpaired) electrons. The highest BCUT2D eigenvalue weighted by molar-refractivity contribution is 14.1. The number of nitrogens with one attached hydrogen (secondary N) is 1. The van der Waals surface area contributed by atoms with Crippen molar-refractivity contribution in [2.24, 2.45) is 0 Å². The van der Waals surface area contributed by atoms with Crippen LogP contribution >= 0.6 is 50.3 Å². The molecule has 0 saturated carbocycles. The number of aromatic nitrogens is 3. The zero-order chi connectivity index (χ0) is 19.8. The number of hydrogen-bond donors (Lipinski definition) is 2. The van der Waals surface area contributed by atoms with Gasteiger partial charge in [0.1, 0.15) is 0 Å². The molecule has 0 unspecified atom stereocenters. The predicted molar refractivity (Wildman–Crippen MR) is 119 cm³/mol. The molecule has 2 heterocycles. The van der Waals surface area contributed by atoms with E-state index in [-0.39, 0.29) is 5.75 Å². The maximum absolute atomic E-state index is 10.2. The molecule has 28 heavy (non-hydrogen) atoms. The number of anilines is 1. The fourth-order valence-electron chi connectivity index (χ4n) is 2.81. The number of ether oxygens (including phenoxy) is 2. The summed E-state index contributed by atoms with van der Waals surface area (Å²) >= 11 is 6.96. The van der Waals surface area contributed by atoms with Gasteiger partial charge in [0.15, 0.2) is 23.4 Å². The number of rotatable bonds is 3. The Hall–Kier alpha value is -1.79. The molecular formula is C18H14BrIN4O3S. The van der Waals surface area contributed by atoms with Gasteiger partial charge in [-0.3, -0.25) is 0 Å². The van der Waals surface area contributed by atoms with Crippen LogP contribution < -0.4 is 14.8 Å². The molecular weight excluding hydrogens is 559 g/mol. The molecule has 2 aromatic carbocycles. The third-order valence-electron chi connectivity index (χ3n) is 4.14. The summed E-state index contributed by atoms with van der Waals surface area (Å²) in [6, 6.07) is 9.40. The fourth-order valence-corrected chi connectivity index (χ4v) is 4.09. The van der Waals surface area contributed by atoms with Gasteiger partial charge in [-0.25, -0.2) is 0 Å². The molecule has 1 aliphatic heterocycles. The van der Waals surface area contributed by atoms with Crippen LogP contribution in [0.3, 0.4) is 0 Å². The van der Waals surface area contributed by atoms with Crippen molar-refractivity contribution in [3.63, 3.8) is 0 Å². The van der Waals surface area contributed by atoms with E-state index >= 15 is 0 Å². The monoisotopic (exact) mass is 572 g/mol. The normalized spacial score (nSPS) is 14.9. The van der Waals surface area contributed by atoms with Crippen molar-refractivity contribution in [1.29, 1.82) is 0 Å². The van der Waals surface area contributed by atoms with Gasteiger partial charge in [-0.05, 0) is 59.2 Å². The zero-order valence-corrected chi connectivity index (χ0v) is 19.3. The van der Waals surface area contributed by atoms with Crippen LogP contribution in [-0.2, 0) is 0 Å². The van der Waals surface area contributed by atoms with E-state index in [1.54, 1.807) is 6.07 Å². The standard InChI is InChI=1S/C18H14BrIN4O3S/c1-26-13-6-8(5-11(20)15(13)25)16-21-12-4-3-9(19)7-10(12)14-17(27-16)22-18(28-2)24-23-14/h3-7,16,21,25H,1-2H3/t16-/m1/s1. The maximum Gasteiger partial charge on any atom is 0.247 e. The summed E-state index contributed by atoms with van der Waals surface area (Å²) in [5, 5.41) is 22.6. The van der Waals surface area contributed by atoms with Crippen LogP contribution in [0.4, 0.5) is 5.69 Å². The molecule has 0 amide bonds.